The summed E-state index contributed by atoms with van der Waals surface area (Å²) in [5.41, 5.74) is 5.21. The molecule has 0 aliphatic rings. The molecule has 0 fully saturated rings. The normalized spacial score (nSPS) is 13.8. The van der Waals surface area contributed by atoms with Crippen LogP contribution in [0.5, 0.6) is 0 Å². The van der Waals surface area contributed by atoms with Crippen LogP contribution in [-0.4, -0.2) is 15.0 Å². The lowest BCUT2D eigenvalue weighted by molar-refractivity contribution is 0.669. The van der Waals surface area contributed by atoms with Crippen molar-refractivity contribution in [3.63, 3.8) is 0 Å². The number of benzene rings is 7. The van der Waals surface area contributed by atoms with Crippen LogP contribution in [0, 0.1) is 0 Å². The Labute approximate surface area is 284 Å². The third kappa shape index (κ3) is 4.22. The van der Waals surface area contributed by atoms with Gasteiger partial charge >= 0.3 is 0 Å². The first-order valence-corrected chi connectivity index (χ1v) is 15.4. The van der Waals surface area contributed by atoms with Gasteiger partial charge in [-0.25, -0.2) is 15.0 Å². The van der Waals surface area contributed by atoms with Gasteiger partial charge < -0.3 is 8.83 Å². The molecule has 5 nitrogen and oxygen atoms in total. The number of hydrogen-bond donors (Lipinski definition) is 0. The molecule has 48 heavy (non-hydrogen) atoms. The summed E-state index contributed by atoms with van der Waals surface area (Å²) in [4.78, 5) is 14.6. The number of nitrogens with zero attached hydrogens (tertiary/aromatic N) is 3. The van der Waals surface area contributed by atoms with Crippen molar-refractivity contribution in [2.45, 2.75) is 0 Å². The molecule has 0 atom stereocenters. The van der Waals surface area contributed by atoms with E-state index in [1.54, 1.807) is 0 Å². The minimum atomic E-state index is -0.359. The highest BCUT2D eigenvalue weighted by Crippen LogP contribution is 2.40. The van der Waals surface area contributed by atoms with Crippen molar-refractivity contribution >= 4 is 54.6 Å². The van der Waals surface area contributed by atoms with Gasteiger partial charge in [-0.05, 0) is 52.9 Å². The van der Waals surface area contributed by atoms with Crippen LogP contribution in [0.2, 0.25) is 0 Å². The Morgan fingerprint density at radius 2 is 1.21 bits per heavy atom. The summed E-state index contributed by atoms with van der Waals surface area (Å²) in [6.45, 7) is 0. The van der Waals surface area contributed by atoms with Crippen molar-refractivity contribution in [1.82, 2.24) is 15.0 Å². The molecule has 3 aromatic heterocycles. The van der Waals surface area contributed by atoms with Crippen LogP contribution >= 0.6 is 0 Å². The highest BCUT2D eigenvalue weighted by molar-refractivity contribution is 6.18. The number of rotatable bonds is 4. The van der Waals surface area contributed by atoms with E-state index >= 15 is 0 Å². The van der Waals surface area contributed by atoms with Crippen molar-refractivity contribution in [3.8, 4) is 45.3 Å². The van der Waals surface area contributed by atoms with Gasteiger partial charge in [-0.2, -0.15) is 0 Å². The number of hydrogen-bond acceptors (Lipinski definition) is 5. The Morgan fingerprint density at radius 1 is 0.438 bits per heavy atom. The molecule has 224 valence electrons. The molecule has 10 rings (SSSR count). The molecule has 0 aliphatic carbocycles. The first-order valence-electron chi connectivity index (χ1n) is 18.9. The van der Waals surface area contributed by atoms with Gasteiger partial charge in [-0.15, -0.1) is 0 Å². The average molecular weight is 623 g/mol. The topological polar surface area (TPSA) is 65.0 Å². The van der Waals surface area contributed by atoms with E-state index in [0.29, 0.717) is 22.5 Å². The van der Waals surface area contributed by atoms with Gasteiger partial charge in [0.1, 0.15) is 22.3 Å². The zero-order valence-electron chi connectivity index (χ0n) is 32.1. The van der Waals surface area contributed by atoms with Crippen molar-refractivity contribution in [3.05, 3.63) is 151 Å². The predicted molar refractivity (Wildman–Crippen MR) is 194 cm³/mol. The average Bonchev–Trinajstić information content (AvgIpc) is 3.77. The molecule has 0 bridgehead atoms. The van der Waals surface area contributed by atoms with E-state index in [4.69, 9.17) is 32.0 Å². The first-order chi connectivity index (χ1) is 26.7. The Balaban J connectivity index is 1.23. The Bertz CT molecular complexity index is 3240. The maximum Gasteiger partial charge on any atom is 0.164 e. The fraction of sp³-hybridized carbons (Fsp3) is 0. The van der Waals surface area contributed by atoms with Crippen LogP contribution < -0.4 is 0 Å². The smallest absolute Gasteiger partial charge is 0.164 e. The zero-order valence-corrected chi connectivity index (χ0v) is 25.1. The maximum atomic E-state index is 9.17. The van der Waals surface area contributed by atoms with E-state index in [9.17, 15) is 1.37 Å². The van der Waals surface area contributed by atoms with Crippen molar-refractivity contribution in [1.29, 1.82) is 0 Å². The zero-order chi connectivity index (χ0) is 37.7. The minimum Gasteiger partial charge on any atom is -0.456 e. The van der Waals surface area contributed by atoms with E-state index in [1.165, 1.54) is 12.1 Å². The highest BCUT2D eigenvalue weighted by Gasteiger charge is 2.19. The van der Waals surface area contributed by atoms with Crippen molar-refractivity contribution in [2.75, 3.05) is 0 Å². The number of fused-ring (bicyclic) bond motifs is 8. The van der Waals surface area contributed by atoms with Crippen LogP contribution in [0.25, 0.3) is 99.9 Å². The van der Waals surface area contributed by atoms with Gasteiger partial charge in [-0.1, -0.05) is 115 Å². The molecule has 5 heteroatoms. The summed E-state index contributed by atoms with van der Waals surface area (Å²) in [7, 11) is 0. The van der Waals surface area contributed by atoms with Crippen molar-refractivity contribution < 1.29 is 18.4 Å². The van der Waals surface area contributed by atoms with E-state index in [2.05, 4.69) is 18.2 Å². The minimum absolute atomic E-state index is 0.0161. The largest absolute Gasteiger partial charge is 0.456 e. The lowest BCUT2D eigenvalue weighted by Crippen LogP contribution is -2.00. The van der Waals surface area contributed by atoms with Crippen LogP contribution in [-0.2, 0) is 0 Å². The molecule has 0 radical (unpaired) electrons. The lowest BCUT2D eigenvalue weighted by atomic mass is 10.0. The van der Waals surface area contributed by atoms with E-state index < -0.39 is 0 Å². The van der Waals surface area contributed by atoms with E-state index in [1.807, 2.05) is 78.9 Å². The van der Waals surface area contributed by atoms with Crippen molar-refractivity contribution in [2.24, 2.45) is 0 Å². The lowest BCUT2D eigenvalue weighted by Gasteiger charge is -2.09. The molecule has 0 spiro atoms. The van der Waals surface area contributed by atoms with Gasteiger partial charge in [0.25, 0.3) is 0 Å². The van der Waals surface area contributed by atoms with Crippen LogP contribution in [0.1, 0.15) is 9.60 Å². The van der Waals surface area contributed by atoms with Crippen LogP contribution in [0.15, 0.2) is 160 Å². The summed E-state index contributed by atoms with van der Waals surface area (Å²) in [6.07, 6.45) is 0. The molecule has 3 heterocycles. The molecule has 0 saturated heterocycles. The Kier molecular flexibility index (Phi) is 4.48. The summed E-state index contributed by atoms with van der Waals surface area (Å²) >= 11 is 0. The quantitative estimate of drug-likeness (QED) is 0.195. The maximum absolute atomic E-state index is 9.17. The molecule has 10 aromatic rings. The summed E-state index contributed by atoms with van der Waals surface area (Å²) < 4.78 is 73.5. The Morgan fingerprint density at radius 3 is 2.06 bits per heavy atom. The van der Waals surface area contributed by atoms with Gasteiger partial charge in [0.2, 0.25) is 0 Å². The van der Waals surface area contributed by atoms with Gasteiger partial charge in [-0.3, -0.25) is 0 Å². The predicted octanol–water partition coefficient (Wildman–Crippen LogP) is 11.5. The molecular formula is C43H25N3O2. The van der Waals surface area contributed by atoms with Gasteiger partial charge in [0, 0.05) is 43.6 Å². The molecule has 0 N–H and O–H groups in total. The molecular weight excluding hydrogens is 590 g/mol. The van der Waals surface area contributed by atoms with E-state index in [-0.39, 0.29) is 92.2 Å². The molecule has 0 aliphatic heterocycles. The second kappa shape index (κ2) is 10.5. The van der Waals surface area contributed by atoms with Gasteiger partial charge in [0.05, 0.1) is 9.60 Å². The fourth-order valence-corrected chi connectivity index (χ4v) is 6.32. The third-order valence-corrected chi connectivity index (χ3v) is 8.62. The van der Waals surface area contributed by atoms with E-state index in [0.717, 1.165) is 27.5 Å². The second-order valence-electron chi connectivity index (χ2n) is 11.5. The summed E-state index contributed by atoms with van der Waals surface area (Å²) in [6, 6.07) is 32.1. The molecule has 7 aromatic carbocycles. The monoisotopic (exact) mass is 622 g/mol. The molecule has 0 unspecified atom stereocenters. The van der Waals surface area contributed by atoms with Gasteiger partial charge in [0.15, 0.2) is 17.5 Å². The fourth-order valence-electron chi connectivity index (χ4n) is 6.32. The number of aromatic nitrogens is 3. The SMILES string of the molecule is [2H]c1cc2c(c([2H])c1[2H])c([2H])c([2H])c1c2oc2cc([2H])c([2H])c(-c3nc(-c4ccccc4)nc(-c4ccc5c(c4)oc4ccc(-c6ccccc6)cc45)n3)c21. The Hall–Kier alpha value is -6.59. The number of furan rings is 2. The first kappa shape index (κ1) is 20.5. The van der Waals surface area contributed by atoms with Crippen LogP contribution in [0.3, 0.4) is 0 Å². The molecule has 0 amide bonds. The second-order valence-corrected chi connectivity index (χ2v) is 11.5. The van der Waals surface area contributed by atoms with Crippen LogP contribution in [0.4, 0.5) is 0 Å². The molecule has 0 saturated carbocycles. The summed E-state index contributed by atoms with van der Waals surface area (Å²) in [5.74, 6) is 0.653. The third-order valence-electron chi connectivity index (χ3n) is 8.62. The highest BCUT2D eigenvalue weighted by atomic mass is 16.3. The summed E-state index contributed by atoms with van der Waals surface area (Å²) in [5, 5.41) is 2.53. The standard InChI is InChI=1S/C43H25N3O2/c1-3-10-26(11-4-1)29-20-23-36-35(24-29)32-21-19-30(25-38(32)47-36)42-44-41(28-13-5-2-6-14-28)45-43(46-42)34-16-9-17-37-39(34)33-22-18-27-12-7-8-15-31(27)40(33)48-37/h1-25H/i7D,8D,9D,12D,16D,18D,22D.